The van der Waals surface area contributed by atoms with Gasteiger partial charge in [0.1, 0.15) is 18.1 Å². The van der Waals surface area contributed by atoms with Gasteiger partial charge in [-0.05, 0) is 55.4 Å². The Morgan fingerprint density at radius 3 is 2.46 bits per heavy atom. The minimum Gasteiger partial charge on any atom is -0.480 e. The third kappa shape index (κ3) is 7.72. The first-order valence-corrected chi connectivity index (χ1v) is 14.0. The zero-order valence-corrected chi connectivity index (χ0v) is 22.3. The van der Waals surface area contributed by atoms with Crippen molar-refractivity contribution >= 4 is 46.4 Å². The van der Waals surface area contributed by atoms with E-state index in [-0.39, 0.29) is 30.7 Å². The number of benzene rings is 1. The highest BCUT2D eigenvalue weighted by Crippen LogP contribution is 2.19. The lowest BCUT2D eigenvalue weighted by molar-refractivity contribution is -0.142. The summed E-state index contributed by atoms with van der Waals surface area (Å²) in [4.78, 5) is 54.3. The van der Waals surface area contributed by atoms with Crippen LogP contribution in [0.5, 0.6) is 0 Å². The van der Waals surface area contributed by atoms with Crippen LogP contribution in [0.4, 0.5) is 0 Å². The molecule has 37 heavy (non-hydrogen) atoms. The number of rotatable bonds is 13. The van der Waals surface area contributed by atoms with Crippen molar-refractivity contribution in [2.45, 2.75) is 63.7 Å². The van der Waals surface area contributed by atoms with E-state index in [2.05, 4.69) is 26.3 Å². The van der Waals surface area contributed by atoms with E-state index in [1.807, 2.05) is 44.4 Å². The molecule has 3 amide bonds. The van der Waals surface area contributed by atoms with Crippen molar-refractivity contribution in [2.24, 2.45) is 5.92 Å². The Balaban J connectivity index is 1.81. The Kier molecular flexibility index (Phi) is 10.4. The molecule has 1 saturated heterocycles. The molecule has 2 aromatic rings. The summed E-state index contributed by atoms with van der Waals surface area (Å²) in [5.74, 6) is -2.11. The maximum Gasteiger partial charge on any atom is 0.326 e. The molecule has 202 valence electrons. The number of hydrogen-bond acceptors (Lipinski definition) is 6. The average molecular weight is 532 g/mol. The molecule has 11 heteroatoms. The predicted molar refractivity (Wildman–Crippen MR) is 144 cm³/mol. The van der Waals surface area contributed by atoms with Crippen molar-refractivity contribution < 1.29 is 24.3 Å². The van der Waals surface area contributed by atoms with E-state index < -0.39 is 35.9 Å². The van der Waals surface area contributed by atoms with E-state index in [0.29, 0.717) is 12.2 Å². The summed E-state index contributed by atoms with van der Waals surface area (Å²) in [5.41, 5.74) is 1.70. The van der Waals surface area contributed by atoms with Crippen LogP contribution < -0.4 is 21.3 Å². The van der Waals surface area contributed by atoms with Gasteiger partial charge in [0.2, 0.25) is 17.7 Å². The molecule has 0 bridgehead atoms. The van der Waals surface area contributed by atoms with Gasteiger partial charge in [-0.3, -0.25) is 14.4 Å². The number of carboxylic acids is 1. The number of H-pyrrole nitrogens is 1. The van der Waals surface area contributed by atoms with Crippen LogP contribution >= 0.6 is 11.8 Å². The number of nitrogens with one attached hydrogen (secondary N) is 5. The highest BCUT2D eigenvalue weighted by molar-refractivity contribution is 7.98. The Labute approximate surface area is 221 Å². The number of amides is 3. The molecule has 0 aliphatic carbocycles. The van der Waals surface area contributed by atoms with Crippen LogP contribution in [0.2, 0.25) is 0 Å². The average Bonchev–Trinajstić information content (AvgIpc) is 3.54. The number of carbonyl (C=O) groups excluding carboxylic acids is 3. The van der Waals surface area contributed by atoms with Crippen LogP contribution in [0, 0.1) is 5.92 Å². The third-order valence-electron chi connectivity index (χ3n) is 6.58. The zero-order chi connectivity index (χ0) is 26.9. The Morgan fingerprint density at radius 2 is 1.81 bits per heavy atom. The van der Waals surface area contributed by atoms with Gasteiger partial charge in [-0.2, -0.15) is 11.8 Å². The number of carboxylic acid groups (broad SMARTS) is 1. The molecular formula is C26H37N5O5S. The second kappa shape index (κ2) is 13.5. The predicted octanol–water partition coefficient (Wildman–Crippen LogP) is 1.41. The van der Waals surface area contributed by atoms with Crippen LogP contribution in [0.25, 0.3) is 10.9 Å². The van der Waals surface area contributed by atoms with Crippen LogP contribution in [0.15, 0.2) is 30.5 Å². The topological polar surface area (TPSA) is 152 Å². The van der Waals surface area contributed by atoms with Crippen molar-refractivity contribution in [1.29, 1.82) is 0 Å². The van der Waals surface area contributed by atoms with Gasteiger partial charge in [-0.1, -0.05) is 32.0 Å². The van der Waals surface area contributed by atoms with Gasteiger partial charge in [-0.15, -0.1) is 0 Å². The highest BCUT2D eigenvalue weighted by Gasteiger charge is 2.33. The third-order valence-corrected chi connectivity index (χ3v) is 7.22. The number of para-hydroxylation sites is 1. The summed E-state index contributed by atoms with van der Waals surface area (Å²) in [6.07, 6.45) is 5.66. The fourth-order valence-corrected chi connectivity index (χ4v) is 4.93. The maximum atomic E-state index is 13.4. The Morgan fingerprint density at radius 1 is 1.08 bits per heavy atom. The molecule has 1 fully saturated rings. The van der Waals surface area contributed by atoms with E-state index in [1.54, 1.807) is 6.20 Å². The van der Waals surface area contributed by atoms with E-state index in [4.69, 9.17) is 0 Å². The molecule has 1 aromatic heterocycles. The second-order valence-electron chi connectivity index (χ2n) is 9.68. The maximum absolute atomic E-state index is 13.4. The Hall–Kier alpha value is -3.05. The van der Waals surface area contributed by atoms with Gasteiger partial charge >= 0.3 is 5.97 Å². The molecule has 2 heterocycles. The highest BCUT2D eigenvalue weighted by atomic mass is 32.2. The number of aliphatic carboxylic acids is 1. The number of fused-ring (bicyclic) bond motifs is 1. The molecule has 1 aliphatic rings. The first-order chi connectivity index (χ1) is 17.7. The molecule has 4 atom stereocenters. The van der Waals surface area contributed by atoms with E-state index in [9.17, 15) is 24.3 Å². The van der Waals surface area contributed by atoms with Gasteiger partial charge in [-0.25, -0.2) is 4.79 Å². The first-order valence-electron chi connectivity index (χ1n) is 12.6. The van der Waals surface area contributed by atoms with Gasteiger partial charge < -0.3 is 31.4 Å². The molecule has 3 rings (SSSR count). The number of carbonyl (C=O) groups is 4. The van der Waals surface area contributed by atoms with Crippen molar-refractivity contribution in [3.63, 3.8) is 0 Å². The van der Waals surface area contributed by atoms with Crippen LogP contribution in [0.3, 0.4) is 0 Å². The van der Waals surface area contributed by atoms with E-state index >= 15 is 0 Å². The van der Waals surface area contributed by atoms with Crippen LogP contribution in [-0.2, 0) is 25.6 Å². The lowest BCUT2D eigenvalue weighted by Gasteiger charge is -2.27. The minimum absolute atomic E-state index is 0.152. The molecule has 10 nitrogen and oxygen atoms in total. The molecule has 0 radical (unpaired) electrons. The smallest absolute Gasteiger partial charge is 0.326 e. The minimum atomic E-state index is -1.13. The van der Waals surface area contributed by atoms with Gasteiger partial charge in [0.05, 0.1) is 6.04 Å². The molecule has 4 unspecified atom stereocenters. The fraction of sp³-hybridized carbons (Fsp3) is 0.538. The SMILES string of the molecule is CSCCC(NC(=O)C(Cc1c[nH]c2ccccc12)NC(=O)C(NC(=O)C1CCCN1)C(C)C)C(=O)O. The quantitative estimate of drug-likeness (QED) is 0.229. The van der Waals surface area contributed by atoms with Crippen LogP contribution in [0.1, 0.15) is 38.7 Å². The Bertz CT molecular complexity index is 1100. The van der Waals surface area contributed by atoms with Gasteiger partial charge in [0, 0.05) is 23.5 Å². The second-order valence-corrected chi connectivity index (χ2v) is 10.7. The fourth-order valence-electron chi connectivity index (χ4n) is 4.45. The lowest BCUT2D eigenvalue weighted by atomic mass is 10.00. The number of aromatic nitrogens is 1. The summed E-state index contributed by atoms with van der Waals surface area (Å²) < 4.78 is 0. The largest absolute Gasteiger partial charge is 0.480 e. The summed E-state index contributed by atoms with van der Waals surface area (Å²) in [6, 6.07) is 4.32. The summed E-state index contributed by atoms with van der Waals surface area (Å²) >= 11 is 1.49. The lowest BCUT2D eigenvalue weighted by Crippen LogP contribution is -2.58. The molecule has 1 aliphatic heterocycles. The number of hydrogen-bond donors (Lipinski definition) is 6. The first kappa shape index (κ1) is 28.5. The van der Waals surface area contributed by atoms with Crippen molar-refractivity contribution in [1.82, 2.24) is 26.3 Å². The molecule has 0 saturated carbocycles. The standard InChI is InChI=1S/C26H37N5O5S/c1-15(2)22(31-23(32)19-9-6-11-27-19)25(34)30-21(24(33)29-20(26(35)36)10-12-37-3)13-16-14-28-18-8-5-4-7-17(16)18/h4-5,7-8,14-15,19-22,27-28H,6,9-13H2,1-3H3,(H,29,33)(H,30,34)(H,31,32)(H,35,36). The molecule has 6 N–H and O–H groups in total. The van der Waals surface area contributed by atoms with Crippen molar-refractivity contribution in [3.8, 4) is 0 Å². The summed E-state index contributed by atoms with van der Waals surface area (Å²) in [5, 5.41) is 21.9. The van der Waals surface area contributed by atoms with Gasteiger partial charge in [0.25, 0.3) is 0 Å². The number of thioether (sulfide) groups is 1. The summed E-state index contributed by atoms with van der Waals surface area (Å²) in [6.45, 7) is 4.40. The van der Waals surface area contributed by atoms with Crippen molar-refractivity contribution in [3.05, 3.63) is 36.0 Å². The monoisotopic (exact) mass is 531 g/mol. The van der Waals surface area contributed by atoms with E-state index in [1.165, 1.54) is 11.8 Å². The molecule has 0 spiro atoms. The van der Waals surface area contributed by atoms with Crippen LogP contribution in [-0.4, -0.2) is 76.5 Å². The van der Waals surface area contributed by atoms with Gasteiger partial charge in [0.15, 0.2) is 0 Å². The molecular weight excluding hydrogens is 494 g/mol. The normalized spacial score (nSPS) is 17.8. The zero-order valence-electron chi connectivity index (χ0n) is 21.5. The number of aromatic amines is 1. The van der Waals surface area contributed by atoms with Crippen molar-refractivity contribution in [2.75, 3.05) is 18.6 Å². The molecule has 1 aromatic carbocycles. The van der Waals surface area contributed by atoms with E-state index in [0.717, 1.165) is 29.4 Å². The summed E-state index contributed by atoms with van der Waals surface area (Å²) in [7, 11) is 0.